The van der Waals surface area contributed by atoms with Gasteiger partial charge in [0, 0.05) is 11.1 Å². The molecule has 1 N–H and O–H groups in total. The number of nitrogens with zero attached hydrogens (tertiary/aromatic N) is 1. The number of hydrogen-bond donors (Lipinski definition) is 1. The highest BCUT2D eigenvalue weighted by Gasteiger charge is 2.19. The molecule has 0 spiro atoms. The molecular weight excluding hydrogens is 322 g/mol. The van der Waals surface area contributed by atoms with Crippen molar-refractivity contribution >= 4 is 38.7 Å². The Hall–Kier alpha value is -1.44. The van der Waals surface area contributed by atoms with Crippen LogP contribution in [0.1, 0.15) is 20.2 Å². The summed E-state index contributed by atoms with van der Waals surface area (Å²) in [5.41, 5.74) is -0.126. The zero-order chi connectivity index (χ0) is 14.9. The quantitative estimate of drug-likeness (QED) is 0.931. The third-order valence-corrected chi connectivity index (χ3v) is 5.60. The van der Waals surface area contributed by atoms with Crippen molar-refractivity contribution in [3.05, 3.63) is 44.9 Å². The normalized spacial score (nSPS) is 11.5. The number of aryl methyl sites for hydroxylation is 1. The van der Waals surface area contributed by atoms with Gasteiger partial charge in [0.25, 0.3) is 0 Å². The van der Waals surface area contributed by atoms with Crippen molar-refractivity contribution in [3.8, 4) is 0 Å². The van der Waals surface area contributed by atoms with Crippen molar-refractivity contribution in [2.75, 3.05) is 0 Å². The molecule has 0 unspecified atom stereocenters. The van der Waals surface area contributed by atoms with E-state index < -0.39 is 15.8 Å². The summed E-state index contributed by atoms with van der Waals surface area (Å²) < 4.78 is 24.4. The van der Waals surface area contributed by atoms with Gasteiger partial charge < -0.3 is 5.11 Å². The smallest absolute Gasteiger partial charge is 0.337 e. The Morgan fingerprint density at radius 1 is 1.45 bits per heavy atom. The van der Waals surface area contributed by atoms with Gasteiger partial charge in [0.1, 0.15) is 0 Å². The van der Waals surface area contributed by atoms with E-state index in [2.05, 4.69) is 4.98 Å². The Balaban J connectivity index is 2.35. The van der Waals surface area contributed by atoms with E-state index in [1.807, 2.05) is 0 Å². The summed E-state index contributed by atoms with van der Waals surface area (Å²) in [6, 6.07) is 3.60. The Morgan fingerprint density at radius 2 is 2.15 bits per heavy atom. The van der Waals surface area contributed by atoms with Gasteiger partial charge >= 0.3 is 5.97 Å². The van der Waals surface area contributed by atoms with Crippen LogP contribution >= 0.6 is 22.9 Å². The van der Waals surface area contributed by atoms with E-state index in [1.165, 1.54) is 29.7 Å². The number of halogens is 1. The summed E-state index contributed by atoms with van der Waals surface area (Å²) in [4.78, 5) is 15.5. The molecule has 2 rings (SSSR count). The lowest BCUT2D eigenvalue weighted by Gasteiger charge is -2.05. The number of carboxylic acid groups (broad SMARTS) is 1. The van der Waals surface area contributed by atoms with E-state index in [-0.39, 0.29) is 21.2 Å². The molecule has 0 saturated heterocycles. The van der Waals surface area contributed by atoms with Crippen LogP contribution < -0.4 is 0 Å². The van der Waals surface area contributed by atoms with E-state index in [4.69, 9.17) is 16.7 Å². The molecule has 106 valence electrons. The number of benzene rings is 1. The molecule has 1 aromatic heterocycles. The van der Waals surface area contributed by atoms with Crippen LogP contribution in [0, 0.1) is 6.92 Å². The molecule has 8 heteroatoms. The van der Waals surface area contributed by atoms with Crippen LogP contribution in [0.5, 0.6) is 0 Å². The van der Waals surface area contributed by atoms with E-state index >= 15 is 0 Å². The molecule has 0 fully saturated rings. The first kappa shape index (κ1) is 15.0. The third kappa shape index (κ3) is 3.17. The van der Waals surface area contributed by atoms with Crippen LogP contribution in [-0.4, -0.2) is 24.5 Å². The van der Waals surface area contributed by atoms with Gasteiger partial charge in [-0.05, 0) is 25.1 Å². The first-order chi connectivity index (χ1) is 9.29. The molecule has 0 amide bonds. The molecule has 1 heterocycles. The predicted octanol–water partition coefficient (Wildman–Crippen LogP) is 2.78. The zero-order valence-electron chi connectivity index (χ0n) is 10.3. The van der Waals surface area contributed by atoms with E-state index in [1.54, 1.807) is 6.92 Å². The summed E-state index contributed by atoms with van der Waals surface area (Å²) >= 11 is 7.09. The molecule has 0 bridgehead atoms. The number of rotatable bonds is 4. The molecule has 0 aliphatic heterocycles. The molecular formula is C12H10ClNO4S2. The Morgan fingerprint density at radius 3 is 2.65 bits per heavy atom. The van der Waals surface area contributed by atoms with E-state index in [9.17, 15) is 13.2 Å². The second kappa shape index (κ2) is 5.51. The third-order valence-electron chi connectivity index (χ3n) is 2.53. The van der Waals surface area contributed by atoms with Gasteiger partial charge in [-0.15, -0.1) is 11.3 Å². The number of thiazole rings is 1. The van der Waals surface area contributed by atoms with Crippen LogP contribution in [0.2, 0.25) is 5.02 Å². The van der Waals surface area contributed by atoms with Gasteiger partial charge in [-0.1, -0.05) is 11.6 Å². The summed E-state index contributed by atoms with van der Waals surface area (Å²) in [7, 11) is -3.57. The van der Waals surface area contributed by atoms with Crippen LogP contribution in [0.4, 0.5) is 0 Å². The monoisotopic (exact) mass is 331 g/mol. The minimum Gasteiger partial charge on any atom is -0.478 e. The minimum atomic E-state index is -3.57. The standard InChI is InChI=1S/C12H10ClNO4S2/c1-7-14-5-8(19-7)6-20(17,18)9-2-3-10(12(15)16)11(13)4-9/h2-5H,6H2,1H3,(H,15,16). The van der Waals surface area contributed by atoms with E-state index in [0.29, 0.717) is 4.88 Å². The Kier molecular flexibility index (Phi) is 4.12. The summed E-state index contributed by atoms with van der Waals surface area (Å²) in [5.74, 6) is -1.38. The van der Waals surface area contributed by atoms with Crippen molar-refractivity contribution in [2.45, 2.75) is 17.6 Å². The van der Waals surface area contributed by atoms with Crippen LogP contribution in [0.25, 0.3) is 0 Å². The number of aromatic nitrogens is 1. The summed E-state index contributed by atoms with van der Waals surface area (Å²) in [6.45, 7) is 1.79. The molecule has 0 aliphatic rings. The largest absolute Gasteiger partial charge is 0.478 e. The van der Waals surface area contributed by atoms with Crippen molar-refractivity contribution in [3.63, 3.8) is 0 Å². The van der Waals surface area contributed by atoms with Gasteiger partial charge in [-0.3, -0.25) is 0 Å². The molecule has 20 heavy (non-hydrogen) atoms. The Labute approximate surface area is 124 Å². The van der Waals surface area contributed by atoms with Gasteiger partial charge in [0.05, 0.1) is 26.2 Å². The van der Waals surface area contributed by atoms with Gasteiger partial charge in [-0.2, -0.15) is 0 Å². The van der Waals surface area contributed by atoms with Crippen LogP contribution in [-0.2, 0) is 15.6 Å². The van der Waals surface area contributed by atoms with Crippen molar-refractivity contribution < 1.29 is 18.3 Å². The molecule has 5 nitrogen and oxygen atoms in total. The highest BCUT2D eigenvalue weighted by molar-refractivity contribution is 7.90. The van der Waals surface area contributed by atoms with Crippen molar-refractivity contribution in [1.82, 2.24) is 4.98 Å². The SMILES string of the molecule is Cc1ncc(CS(=O)(=O)c2ccc(C(=O)O)c(Cl)c2)s1. The lowest BCUT2D eigenvalue weighted by atomic mass is 10.2. The molecule has 2 aromatic rings. The molecule has 0 atom stereocenters. The zero-order valence-corrected chi connectivity index (χ0v) is 12.7. The van der Waals surface area contributed by atoms with E-state index in [0.717, 1.165) is 11.1 Å². The average Bonchev–Trinajstić information content (AvgIpc) is 2.73. The number of hydrogen-bond acceptors (Lipinski definition) is 5. The lowest BCUT2D eigenvalue weighted by Crippen LogP contribution is -2.05. The number of sulfone groups is 1. The highest BCUT2D eigenvalue weighted by Crippen LogP contribution is 2.25. The van der Waals surface area contributed by atoms with Crippen LogP contribution in [0.3, 0.4) is 0 Å². The topological polar surface area (TPSA) is 84.3 Å². The van der Waals surface area contributed by atoms with Gasteiger partial charge in [-0.25, -0.2) is 18.2 Å². The van der Waals surface area contributed by atoms with Crippen LogP contribution in [0.15, 0.2) is 29.3 Å². The molecule has 0 radical (unpaired) electrons. The maximum Gasteiger partial charge on any atom is 0.337 e. The highest BCUT2D eigenvalue weighted by atomic mass is 35.5. The number of aromatic carboxylic acids is 1. The number of carbonyl (C=O) groups is 1. The second-order valence-electron chi connectivity index (χ2n) is 4.05. The number of carboxylic acids is 1. The summed E-state index contributed by atoms with van der Waals surface area (Å²) in [6.07, 6.45) is 1.52. The Bertz CT molecular complexity index is 768. The lowest BCUT2D eigenvalue weighted by molar-refractivity contribution is 0.0697. The first-order valence-corrected chi connectivity index (χ1v) is 8.31. The predicted molar refractivity (Wildman–Crippen MR) is 76.2 cm³/mol. The maximum atomic E-state index is 12.2. The van der Waals surface area contributed by atoms with Crippen molar-refractivity contribution in [1.29, 1.82) is 0 Å². The minimum absolute atomic E-state index is 0.00134. The fraction of sp³-hybridized carbons (Fsp3) is 0.167. The summed E-state index contributed by atoms with van der Waals surface area (Å²) in [5, 5.41) is 9.55. The average molecular weight is 332 g/mol. The second-order valence-corrected chi connectivity index (χ2v) is 7.77. The first-order valence-electron chi connectivity index (χ1n) is 5.46. The molecule has 0 aliphatic carbocycles. The molecule has 0 saturated carbocycles. The van der Waals surface area contributed by atoms with Gasteiger partial charge in [0.2, 0.25) is 0 Å². The van der Waals surface area contributed by atoms with Crippen molar-refractivity contribution in [2.24, 2.45) is 0 Å². The molecule has 1 aromatic carbocycles. The fourth-order valence-corrected chi connectivity index (χ4v) is 4.41. The van der Waals surface area contributed by atoms with Gasteiger partial charge in [0.15, 0.2) is 9.84 Å². The fourth-order valence-electron chi connectivity index (χ4n) is 1.61. The maximum absolute atomic E-state index is 12.2.